The van der Waals surface area contributed by atoms with E-state index in [0.29, 0.717) is 12.2 Å². The highest BCUT2D eigenvalue weighted by atomic mass is 16.1. The number of hydrogen-bond acceptors (Lipinski definition) is 3. The molecule has 0 aromatic carbocycles. The van der Waals surface area contributed by atoms with E-state index >= 15 is 0 Å². The number of hydrogen-bond donors (Lipinski definition) is 1. The summed E-state index contributed by atoms with van der Waals surface area (Å²) >= 11 is 0. The summed E-state index contributed by atoms with van der Waals surface area (Å²) in [7, 11) is 0. The van der Waals surface area contributed by atoms with Gasteiger partial charge < -0.3 is 10.2 Å². The van der Waals surface area contributed by atoms with Crippen molar-refractivity contribution in [2.75, 3.05) is 26.2 Å². The minimum Gasteiger partial charge on any atom is -0.372 e. The van der Waals surface area contributed by atoms with Gasteiger partial charge in [-0.25, -0.2) is 0 Å². The molecule has 0 atom stereocenters. The first-order chi connectivity index (χ1) is 7.09. The largest absolute Gasteiger partial charge is 0.372 e. The average Bonchev–Trinajstić information content (AvgIpc) is 2.23. The van der Waals surface area contributed by atoms with Crippen LogP contribution in [-0.2, 0) is 4.79 Å². The van der Waals surface area contributed by atoms with Crippen LogP contribution in [0.25, 0.3) is 0 Å². The van der Waals surface area contributed by atoms with Crippen molar-refractivity contribution in [2.24, 2.45) is 5.41 Å². The number of ketones is 1. The fraction of sp³-hybridized carbons (Fsp3) is 0.750. The molecule has 3 nitrogen and oxygen atoms in total. The Balaban J connectivity index is 2.19. The van der Waals surface area contributed by atoms with Crippen LogP contribution in [-0.4, -0.2) is 36.9 Å². The van der Waals surface area contributed by atoms with E-state index in [2.05, 4.69) is 24.1 Å². The fourth-order valence-corrected chi connectivity index (χ4v) is 2.41. The Kier molecular flexibility index (Phi) is 2.83. The van der Waals surface area contributed by atoms with Gasteiger partial charge in [-0.1, -0.05) is 13.8 Å². The maximum Gasteiger partial charge on any atom is 0.157 e. The van der Waals surface area contributed by atoms with E-state index in [0.717, 1.165) is 32.6 Å². The zero-order valence-corrected chi connectivity index (χ0v) is 9.68. The Morgan fingerprint density at radius 2 is 2.00 bits per heavy atom. The number of carbonyl (C=O) groups is 1. The van der Waals surface area contributed by atoms with Crippen molar-refractivity contribution in [2.45, 2.75) is 26.7 Å². The topological polar surface area (TPSA) is 32.3 Å². The van der Waals surface area contributed by atoms with E-state index < -0.39 is 0 Å². The molecule has 1 heterocycles. The Labute approximate surface area is 91.5 Å². The molecular formula is C12H20N2O. The van der Waals surface area contributed by atoms with Crippen molar-refractivity contribution in [1.82, 2.24) is 10.2 Å². The molecule has 1 aliphatic heterocycles. The van der Waals surface area contributed by atoms with Crippen LogP contribution in [0.3, 0.4) is 0 Å². The zero-order chi connectivity index (χ0) is 10.9. The quantitative estimate of drug-likeness (QED) is 0.702. The van der Waals surface area contributed by atoms with Crippen molar-refractivity contribution in [3.05, 3.63) is 11.8 Å². The molecule has 0 saturated carbocycles. The van der Waals surface area contributed by atoms with E-state index in [1.807, 2.05) is 6.08 Å². The summed E-state index contributed by atoms with van der Waals surface area (Å²) in [4.78, 5) is 13.9. The van der Waals surface area contributed by atoms with E-state index in [1.54, 1.807) is 0 Å². The van der Waals surface area contributed by atoms with Crippen molar-refractivity contribution >= 4 is 5.78 Å². The van der Waals surface area contributed by atoms with Gasteiger partial charge in [0.15, 0.2) is 5.78 Å². The predicted molar refractivity (Wildman–Crippen MR) is 60.5 cm³/mol. The normalized spacial score (nSPS) is 26.4. The van der Waals surface area contributed by atoms with Crippen LogP contribution >= 0.6 is 0 Å². The maximum absolute atomic E-state index is 11.5. The van der Waals surface area contributed by atoms with Crippen molar-refractivity contribution in [1.29, 1.82) is 0 Å². The van der Waals surface area contributed by atoms with Crippen molar-refractivity contribution in [3.63, 3.8) is 0 Å². The van der Waals surface area contributed by atoms with Gasteiger partial charge in [0.05, 0.1) is 0 Å². The lowest BCUT2D eigenvalue weighted by atomic mass is 9.78. The summed E-state index contributed by atoms with van der Waals surface area (Å²) in [6.45, 7) is 8.61. The molecule has 2 aliphatic rings. The molecule has 0 amide bonds. The third kappa shape index (κ3) is 2.23. The van der Waals surface area contributed by atoms with Gasteiger partial charge in [-0.2, -0.15) is 0 Å². The molecule has 15 heavy (non-hydrogen) atoms. The van der Waals surface area contributed by atoms with Gasteiger partial charge in [-0.05, 0) is 6.42 Å². The molecule has 1 saturated heterocycles. The second-order valence-electron chi connectivity index (χ2n) is 5.12. The van der Waals surface area contributed by atoms with E-state index in [1.165, 1.54) is 5.70 Å². The number of allylic oxidation sites excluding steroid dienone is 2. The molecule has 0 spiro atoms. The van der Waals surface area contributed by atoms with Crippen LogP contribution in [0.4, 0.5) is 0 Å². The summed E-state index contributed by atoms with van der Waals surface area (Å²) < 4.78 is 0. The second-order valence-corrected chi connectivity index (χ2v) is 5.12. The number of rotatable bonds is 1. The monoisotopic (exact) mass is 208 g/mol. The molecule has 0 aromatic heterocycles. The molecule has 1 fully saturated rings. The summed E-state index contributed by atoms with van der Waals surface area (Å²) in [5.74, 6) is 0.294. The van der Waals surface area contributed by atoms with Crippen LogP contribution in [0, 0.1) is 5.41 Å². The summed E-state index contributed by atoms with van der Waals surface area (Å²) in [6, 6.07) is 0. The smallest absolute Gasteiger partial charge is 0.157 e. The first-order valence-electron chi connectivity index (χ1n) is 5.80. The van der Waals surface area contributed by atoms with E-state index in [9.17, 15) is 4.79 Å². The Hall–Kier alpha value is -0.830. The lowest BCUT2D eigenvalue weighted by Crippen LogP contribution is -2.46. The summed E-state index contributed by atoms with van der Waals surface area (Å²) in [6.07, 6.45) is 3.57. The third-order valence-electron chi connectivity index (χ3n) is 3.45. The highest BCUT2D eigenvalue weighted by molar-refractivity contribution is 5.91. The Bertz CT molecular complexity index is 288. The molecule has 2 rings (SSSR count). The molecule has 0 bridgehead atoms. The van der Waals surface area contributed by atoms with Gasteiger partial charge in [-0.3, -0.25) is 4.79 Å². The highest BCUT2D eigenvalue weighted by Crippen LogP contribution is 2.37. The molecule has 0 radical (unpaired) electrons. The first kappa shape index (κ1) is 10.7. The minimum atomic E-state index is 0.172. The van der Waals surface area contributed by atoms with E-state index in [-0.39, 0.29) is 5.41 Å². The molecule has 0 unspecified atom stereocenters. The molecule has 84 valence electrons. The standard InChI is InChI=1S/C12H20N2O/c1-12(2)4-3-10(15)9-11(12)14-7-5-13-6-8-14/h9,13H,3-8H2,1-2H3. The third-order valence-corrected chi connectivity index (χ3v) is 3.45. The lowest BCUT2D eigenvalue weighted by Gasteiger charge is -2.41. The SMILES string of the molecule is CC1(C)CCC(=O)C=C1N1CCNCC1. The van der Waals surface area contributed by atoms with Crippen molar-refractivity contribution in [3.8, 4) is 0 Å². The highest BCUT2D eigenvalue weighted by Gasteiger charge is 2.32. The van der Waals surface area contributed by atoms with Gasteiger partial charge in [0.25, 0.3) is 0 Å². The van der Waals surface area contributed by atoms with Gasteiger partial charge in [-0.15, -0.1) is 0 Å². The fourth-order valence-electron chi connectivity index (χ4n) is 2.41. The molecule has 1 aliphatic carbocycles. The molecule has 0 aromatic rings. The average molecular weight is 208 g/mol. The summed E-state index contributed by atoms with van der Waals surface area (Å²) in [5, 5.41) is 3.34. The number of piperazine rings is 1. The zero-order valence-electron chi connectivity index (χ0n) is 9.68. The van der Waals surface area contributed by atoms with Crippen LogP contribution in [0.5, 0.6) is 0 Å². The van der Waals surface area contributed by atoms with Crippen LogP contribution in [0.1, 0.15) is 26.7 Å². The molecule has 3 heteroatoms. The first-order valence-corrected chi connectivity index (χ1v) is 5.80. The predicted octanol–water partition coefficient (Wildman–Crippen LogP) is 1.16. The Morgan fingerprint density at radius 3 is 2.67 bits per heavy atom. The summed E-state index contributed by atoms with van der Waals surface area (Å²) in [5.41, 5.74) is 1.42. The lowest BCUT2D eigenvalue weighted by molar-refractivity contribution is -0.116. The Morgan fingerprint density at radius 1 is 1.33 bits per heavy atom. The van der Waals surface area contributed by atoms with Gasteiger partial charge in [0.1, 0.15) is 0 Å². The van der Waals surface area contributed by atoms with E-state index in [4.69, 9.17) is 0 Å². The molecular weight excluding hydrogens is 188 g/mol. The van der Waals surface area contributed by atoms with Crippen LogP contribution in [0.15, 0.2) is 11.8 Å². The van der Waals surface area contributed by atoms with Gasteiger partial charge >= 0.3 is 0 Å². The molecule has 1 N–H and O–H groups in total. The van der Waals surface area contributed by atoms with Crippen LogP contribution < -0.4 is 5.32 Å². The van der Waals surface area contributed by atoms with Crippen LogP contribution in [0.2, 0.25) is 0 Å². The maximum atomic E-state index is 11.5. The number of nitrogens with zero attached hydrogens (tertiary/aromatic N) is 1. The number of carbonyl (C=O) groups excluding carboxylic acids is 1. The van der Waals surface area contributed by atoms with Gasteiger partial charge in [0.2, 0.25) is 0 Å². The number of nitrogens with one attached hydrogen (secondary N) is 1. The van der Waals surface area contributed by atoms with Gasteiger partial charge in [0, 0.05) is 49.8 Å². The minimum absolute atomic E-state index is 0.172. The van der Waals surface area contributed by atoms with Crippen molar-refractivity contribution < 1.29 is 4.79 Å². The second kappa shape index (κ2) is 3.97.